The quantitative estimate of drug-likeness (QED) is 0.137. The molecule has 1 spiro atoms. The Kier molecular flexibility index (Phi) is 12.2. The van der Waals surface area contributed by atoms with Crippen molar-refractivity contribution in [2.45, 2.75) is 165 Å². The number of epoxide rings is 1. The molecule has 312 valence electrons. The first-order valence-electron chi connectivity index (χ1n) is 22.0. The number of aliphatic hydroxyl groups is 1. The molecule has 9 heteroatoms. The Labute approximate surface area is 347 Å². The molecule has 3 aromatic carbocycles. The normalized spacial score (nSPS) is 32.9. The third kappa shape index (κ3) is 8.40. The number of aliphatic hydroxyl groups excluding tert-OH is 1. The molecule has 0 amide bonds. The van der Waals surface area contributed by atoms with Gasteiger partial charge in [-0.1, -0.05) is 137 Å². The van der Waals surface area contributed by atoms with Crippen LogP contribution in [0.25, 0.3) is 0 Å². The highest BCUT2D eigenvalue weighted by molar-refractivity contribution is 6.99. The smallest absolute Gasteiger partial charge is 0.261 e. The number of ether oxygens (including phenoxy) is 3. The summed E-state index contributed by atoms with van der Waals surface area (Å²) >= 11 is 0. The fourth-order valence-electron chi connectivity index (χ4n) is 12.0. The molecule has 0 aromatic heterocycles. The SMILES string of the molecule is C[C@@H]1[C@H](CC[C@@H]2C[C@H](CCO[Si](c3ccccc3)(c3ccccc3)C(C)(C)C)OC(C)(C)O2)[C@H]2[C@@H](O)CC[C@@H](O[Si](C)(C)C)C23OC3[C@@H]1[Si](C)(C)c1ccccc1. The van der Waals surface area contributed by atoms with E-state index in [1.165, 1.54) is 15.6 Å². The van der Waals surface area contributed by atoms with E-state index in [0.717, 1.165) is 38.5 Å². The van der Waals surface area contributed by atoms with Gasteiger partial charge in [0, 0.05) is 18.9 Å². The van der Waals surface area contributed by atoms with E-state index in [4.69, 9.17) is 23.1 Å². The van der Waals surface area contributed by atoms with Crippen molar-refractivity contribution in [2.75, 3.05) is 6.61 Å². The summed E-state index contributed by atoms with van der Waals surface area (Å²) in [6.07, 6.45) is 5.07. The van der Waals surface area contributed by atoms with Crippen LogP contribution in [0, 0.1) is 17.8 Å². The predicted molar refractivity (Wildman–Crippen MR) is 240 cm³/mol. The van der Waals surface area contributed by atoms with Crippen molar-refractivity contribution in [1.29, 1.82) is 0 Å². The zero-order valence-electron chi connectivity index (χ0n) is 36.8. The maximum Gasteiger partial charge on any atom is 0.261 e. The van der Waals surface area contributed by atoms with Gasteiger partial charge < -0.3 is 28.2 Å². The van der Waals surface area contributed by atoms with E-state index in [-0.39, 0.29) is 41.5 Å². The summed E-state index contributed by atoms with van der Waals surface area (Å²) in [6.45, 7) is 26.2. The molecule has 4 aliphatic rings. The highest BCUT2D eigenvalue weighted by Crippen LogP contribution is 2.68. The van der Waals surface area contributed by atoms with E-state index in [2.05, 4.69) is 165 Å². The molecule has 2 saturated heterocycles. The number of hydrogen-bond donors (Lipinski definition) is 1. The first-order chi connectivity index (χ1) is 26.8. The molecule has 0 radical (unpaired) electrons. The molecular weight excluding hydrogens is 757 g/mol. The predicted octanol–water partition coefficient (Wildman–Crippen LogP) is 9.02. The van der Waals surface area contributed by atoms with Crippen LogP contribution in [0.4, 0.5) is 0 Å². The number of rotatable bonds is 13. The van der Waals surface area contributed by atoms with Crippen molar-refractivity contribution in [3.63, 3.8) is 0 Å². The van der Waals surface area contributed by atoms with E-state index in [1.807, 2.05) is 0 Å². The second-order valence-corrected chi connectivity index (χ2v) is 34.4. The lowest BCUT2D eigenvalue weighted by Gasteiger charge is -2.54. The first kappa shape index (κ1) is 43.2. The number of hydrogen-bond acceptors (Lipinski definition) is 6. The van der Waals surface area contributed by atoms with Crippen LogP contribution in [0.15, 0.2) is 91.0 Å². The van der Waals surface area contributed by atoms with Crippen LogP contribution in [0.3, 0.4) is 0 Å². The van der Waals surface area contributed by atoms with Crippen molar-refractivity contribution >= 4 is 40.3 Å². The van der Waals surface area contributed by atoms with Crippen molar-refractivity contribution in [1.82, 2.24) is 0 Å². The second-order valence-electron chi connectivity index (χ2n) is 20.9. The van der Waals surface area contributed by atoms with Gasteiger partial charge in [0.05, 0.1) is 38.6 Å². The molecule has 57 heavy (non-hydrogen) atoms. The van der Waals surface area contributed by atoms with Crippen LogP contribution in [0.1, 0.15) is 80.1 Å². The summed E-state index contributed by atoms with van der Waals surface area (Å²) in [5.41, 5.74) is 0.0211. The topological polar surface area (TPSA) is 69.7 Å². The molecule has 2 saturated carbocycles. The molecule has 1 N–H and O–H groups in total. The van der Waals surface area contributed by atoms with Gasteiger partial charge in [-0.2, -0.15) is 0 Å². The molecule has 7 rings (SSSR count). The lowest BCUT2D eigenvalue weighted by molar-refractivity contribution is -0.302. The Hall–Kier alpha value is -1.93. The minimum atomic E-state index is -2.65. The molecule has 0 bridgehead atoms. The van der Waals surface area contributed by atoms with E-state index >= 15 is 0 Å². The van der Waals surface area contributed by atoms with E-state index in [1.54, 1.807) is 0 Å². The monoisotopic (exact) mass is 828 g/mol. The fourth-order valence-corrected chi connectivity index (χ4v) is 21.8. The van der Waals surface area contributed by atoms with Gasteiger partial charge in [-0.15, -0.1) is 0 Å². The molecule has 3 aromatic rings. The minimum absolute atomic E-state index is 0.0233. The Morgan fingerprint density at radius 3 is 1.77 bits per heavy atom. The van der Waals surface area contributed by atoms with Gasteiger partial charge in [0.25, 0.3) is 8.32 Å². The van der Waals surface area contributed by atoms with Gasteiger partial charge in [-0.25, -0.2) is 0 Å². The Morgan fingerprint density at radius 1 is 0.719 bits per heavy atom. The van der Waals surface area contributed by atoms with Crippen molar-refractivity contribution in [3.05, 3.63) is 91.0 Å². The molecule has 10 atom stereocenters. The third-order valence-corrected chi connectivity index (χ3v) is 24.5. The van der Waals surface area contributed by atoms with Crippen LogP contribution in [-0.4, -0.2) is 78.3 Å². The number of benzene rings is 3. The van der Waals surface area contributed by atoms with Crippen LogP contribution < -0.4 is 15.6 Å². The molecule has 2 heterocycles. The summed E-state index contributed by atoms with van der Waals surface area (Å²) in [7, 11) is -6.53. The summed E-state index contributed by atoms with van der Waals surface area (Å²) < 4.78 is 34.9. The van der Waals surface area contributed by atoms with Crippen LogP contribution >= 0.6 is 0 Å². The van der Waals surface area contributed by atoms with Gasteiger partial charge in [0.2, 0.25) is 0 Å². The highest BCUT2D eigenvalue weighted by atomic mass is 28.4. The van der Waals surface area contributed by atoms with Gasteiger partial charge in [-0.3, -0.25) is 0 Å². The van der Waals surface area contributed by atoms with Crippen molar-refractivity contribution in [2.24, 2.45) is 17.8 Å². The Bertz CT molecular complexity index is 1740. The van der Waals surface area contributed by atoms with Crippen LogP contribution in [0.2, 0.25) is 43.3 Å². The fraction of sp³-hybridized carbons (Fsp3) is 0.625. The van der Waals surface area contributed by atoms with Gasteiger partial charge in [0.1, 0.15) is 5.60 Å². The second kappa shape index (κ2) is 16.2. The standard InChI is InChI=1S/C48H72O6Si3/c1-34-40(43-41(49)29-30-42(54-55(7,8)9)48(43)45(53-48)44(34)56(10,11)37-21-15-12-16-22-37)28-27-35-33-36(52-47(5,6)51-35)31-32-50-57(46(2,3)4,38-23-17-13-18-24-38)39-25-19-14-20-26-39/h12-26,34-36,40-45,49H,27-33H2,1-11H3/t34-,35-,36+,40+,41+,42-,43+,44-,45?,48?/m1/s1. The summed E-state index contributed by atoms with van der Waals surface area (Å²) in [4.78, 5) is 0. The van der Waals surface area contributed by atoms with Crippen LogP contribution in [-0.2, 0) is 23.1 Å². The summed E-state index contributed by atoms with van der Waals surface area (Å²) in [5, 5.41) is 16.0. The molecular formula is C48H72O6Si3. The van der Waals surface area contributed by atoms with E-state index in [0.29, 0.717) is 24.0 Å². The average Bonchev–Trinajstić information content (AvgIpc) is 3.87. The van der Waals surface area contributed by atoms with Crippen molar-refractivity contribution < 1.29 is 28.2 Å². The molecule has 2 unspecified atom stereocenters. The maximum atomic E-state index is 12.0. The highest BCUT2D eigenvalue weighted by Gasteiger charge is 2.77. The largest absolute Gasteiger partial charge is 0.412 e. The van der Waals surface area contributed by atoms with Crippen LogP contribution in [0.5, 0.6) is 0 Å². The maximum absolute atomic E-state index is 12.0. The molecule has 2 aliphatic heterocycles. The lowest BCUT2D eigenvalue weighted by Crippen LogP contribution is -2.66. The zero-order valence-corrected chi connectivity index (χ0v) is 39.8. The van der Waals surface area contributed by atoms with E-state index in [9.17, 15) is 5.11 Å². The Morgan fingerprint density at radius 2 is 1.25 bits per heavy atom. The zero-order chi connectivity index (χ0) is 41.0. The molecule has 2 aliphatic carbocycles. The average molecular weight is 829 g/mol. The first-order valence-corrected chi connectivity index (χ1v) is 30.4. The summed E-state index contributed by atoms with van der Waals surface area (Å²) in [5.74, 6) is 0.0773. The Balaban J connectivity index is 1.11. The van der Waals surface area contributed by atoms with Gasteiger partial charge in [0.15, 0.2) is 14.1 Å². The summed E-state index contributed by atoms with van der Waals surface area (Å²) in [6, 6.07) is 33.0. The van der Waals surface area contributed by atoms with E-state index < -0.39 is 36.1 Å². The van der Waals surface area contributed by atoms with Gasteiger partial charge in [-0.05, 0) is 98.4 Å². The lowest BCUT2D eigenvalue weighted by atomic mass is 9.58. The molecule has 4 fully saturated rings. The van der Waals surface area contributed by atoms with Crippen molar-refractivity contribution in [3.8, 4) is 0 Å². The van der Waals surface area contributed by atoms with Gasteiger partial charge >= 0.3 is 0 Å². The minimum Gasteiger partial charge on any atom is -0.412 e. The molecule has 6 nitrogen and oxygen atoms in total. The third-order valence-electron chi connectivity index (χ3n) is 14.2.